The molecule has 0 amide bonds. The Balaban J connectivity index is 2.95. The molecule has 0 spiro atoms. The summed E-state index contributed by atoms with van der Waals surface area (Å²) in [7, 11) is 0. The predicted molar refractivity (Wildman–Crippen MR) is 51.9 cm³/mol. The van der Waals surface area contributed by atoms with E-state index >= 15 is 0 Å². The highest BCUT2D eigenvalue weighted by Crippen LogP contribution is 2.30. The van der Waals surface area contributed by atoms with Crippen LogP contribution in [-0.2, 0) is 6.18 Å². The van der Waals surface area contributed by atoms with Crippen LogP contribution in [0.3, 0.4) is 0 Å². The van der Waals surface area contributed by atoms with Gasteiger partial charge in [0.2, 0.25) is 0 Å². The normalized spacial score (nSPS) is 13.7. The van der Waals surface area contributed by atoms with Gasteiger partial charge < -0.3 is 5.41 Å². The first kappa shape index (κ1) is 11.2. The third-order valence-corrected chi connectivity index (χ3v) is 2.50. The molecule has 0 aromatic heterocycles. The van der Waals surface area contributed by atoms with E-state index in [9.17, 15) is 13.2 Å². The lowest BCUT2D eigenvalue weighted by Crippen LogP contribution is -2.04. The molecule has 1 aromatic rings. The number of hydrogen-bond acceptors (Lipinski definition) is 1. The van der Waals surface area contributed by atoms with Gasteiger partial charge in [-0.15, -0.1) is 0 Å². The van der Waals surface area contributed by atoms with Crippen LogP contribution in [0.2, 0.25) is 0 Å². The minimum atomic E-state index is -4.30. The summed E-state index contributed by atoms with van der Waals surface area (Å²) in [6, 6.07) is 4.72. The van der Waals surface area contributed by atoms with E-state index in [0.29, 0.717) is 5.56 Å². The fourth-order valence-electron chi connectivity index (χ4n) is 0.952. The van der Waals surface area contributed by atoms with Gasteiger partial charge in [-0.3, -0.25) is 0 Å². The molecule has 1 unspecified atom stereocenters. The van der Waals surface area contributed by atoms with Crippen LogP contribution in [0.4, 0.5) is 13.2 Å². The van der Waals surface area contributed by atoms with Gasteiger partial charge in [-0.2, -0.15) is 13.2 Å². The quantitative estimate of drug-likeness (QED) is 0.622. The van der Waals surface area contributed by atoms with Crippen molar-refractivity contribution in [1.82, 2.24) is 0 Å². The number of nitrogens with one attached hydrogen (secondary N) is 1. The van der Waals surface area contributed by atoms with Crippen molar-refractivity contribution < 1.29 is 13.2 Å². The van der Waals surface area contributed by atoms with Gasteiger partial charge in [-0.25, -0.2) is 0 Å². The first-order valence-corrected chi connectivity index (χ1v) is 4.68. The van der Waals surface area contributed by atoms with Crippen molar-refractivity contribution in [2.24, 2.45) is 0 Å². The number of rotatable bonds is 2. The van der Waals surface area contributed by atoms with E-state index in [1.165, 1.54) is 12.1 Å². The van der Waals surface area contributed by atoms with Gasteiger partial charge in [0.15, 0.2) is 0 Å². The van der Waals surface area contributed by atoms with Crippen molar-refractivity contribution >= 4 is 22.1 Å². The summed E-state index contributed by atoms with van der Waals surface area (Å²) < 4.78 is 36.4. The summed E-state index contributed by atoms with van der Waals surface area (Å²) in [6.07, 6.45) is -3.19. The fourth-order valence-corrected chi connectivity index (χ4v) is 1.26. The molecule has 0 bridgehead atoms. The highest BCUT2D eigenvalue weighted by molar-refractivity contribution is 9.09. The van der Waals surface area contributed by atoms with Crippen LogP contribution in [0.5, 0.6) is 0 Å². The number of benzene rings is 1. The summed E-state index contributed by atoms with van der Waals surface area (Å²) in [4.78, 5) is -0.329. The second kappa shape index (κ2) is 4.13. The van der Waals surface area contributed by atoms with Crippen molar-refractivity contribution in [1.29, 1.82) is 5.41 Å². The number of hydrogen-bond donors (Lipinski definition) is 1. The molecule has 0 radical (unpaired) electrons. The van der Waals surface area contributed by atoms with Crippen molar-refractivity contribution in [2.75, 3.05) is 0 Å². The molecule has 1 rings (SSSR count). The molecule has 0 saturated heterocycles. The van der Waals surface area contributed by atoms with E-state index in [1.807, 2.05) is 0 Å². The molecule has 0 heterocycles. The Morgan fingerprint density at radius 2 is 1.71 bits per heavy atom. The largest absolute Gasteiger partial charge is 0.416 e. The summed E-state index contributed by atoms with van der Waals surface area (Å²) in [5.74, 6) is 0. The lowest BCUT2D eigenvalue weighted by atomic mass is 10.1. The van der Waals surface area contributed by atoms with Gasteiger partial charge in [-0.05, 0) is 17.7 Å². The smallest absolute Gasteiger partial charge is 0.312 e. The first-order valence-electron chi connectivity index (χ1n) is 3.77. The monoisotopic (exact) mass is 265 g/mol. The van der Waals surface area contributed by atoms with Gasteiger partial charge in [0, 0.05) is 6.21 Å². The van der Waals surface area contributed by atoms with Crippen molar-refractivity contribution in [2.45, 2.75) is 11.0 Å². The van der Waals surface area contributed by atoms with Crippen LogP contribution in [0.15, 0.2) is 24.3 Å². The van der Waals surface area contributed by atoms with E-state index in [2.05, 4.69) is 15.9 Å². The number of halogens is 4. The third-order valence-electron chi connectivity index (χ3n) is 1.70. The van der Waals surface area contributed by atoms with Crippen LogP contribution >= 0.6 is 15.9 Å². The number of alkyl halides is 4. The Bertz CT molecular complexity index is 318. The van der Waals surface area contributed by atoms with Crippen LogP contribution < -0.4 is 0 Å². The summed E-state index contributed by atoms with van der Waals surface area (Å²) in [6.45, 7) is 0. The standard InChI is InChI=1S/C9H7BrF3N/c10-8(5-14)6-1-3-7(4-2-6)9(11,12)13/h1-5,8,14H. The maximum atomic E-state index is 12.1. The van der Waals surface area contributed by atoms with Crippen molar-refractivity contribution in [3.8, 4) is 0 Å². The third kappa shape index (κ3) is 2.57. The lowest BCUT2D eigenvalue weighted by molar-refractivity contribution is -0.137. The minimum Gasteiger partial charge on any atom is -0.312 e. The highest BCUT2D eigenvalue weighted by atomic mass is 79.9. The van der Waals surface area contributed by atoms with Crippen LogP contribution in [-0.4, -0.2) is 6.21 Å². The van der Waals surface area contributed by atoms with Crippen molar-refractivity contribution in [3.05, 3.63) is 35.4 Å². The minimum absolute atomic E-state index is 0.329. The Hall–Kier alpha value is -0.840. The average Bonchev–Trinajstić information content (AvgIpc) is 2.15. The second-order valence-electron chi connectivity index (χ2n) is 2.69. The van der Waals surface area contributed by atoms with Gasteiger partial charge in [-0.1, -0.05) is 28.1 Å². The molecule has 1 N–H and O–H groups in total. The zero-order chi connectivity index (χ0) is 10.8. The molecule has 0 aliphatic rings. The van der Waals surface area contributed by atoms with Gasteiger partial charge >= 0.3 is 6.18 Å². The molecule has 14 heavy (non-hydrogen) atoms. The van der Waals surface area contributed by atoms with Gasteiger partial charge in [0.05, 0.1) is 10.4 Å². The molecule has 1 nitrogen and oxygen atoms in total. The molecule has 5 heteroatoms. The molecule has 1 atom stereocenters. The second-order valence-corrected chi connectivity index (χ2v) is 3.67. The molecule has 0 saturated carbocycles. The summed E-state index contributed by atoms with van der Waals surface area (Å²) in [5.41, 5.74) is -0.0427. The topological polar surface area (TPSA) is 23.9 Å². The van der Waals surface area contributed by atoms with E-state index in [-0.39, 0.29) is 4.83 Å². The molecule has 1 aromatic carbocycles. The van der Waals surface area contributed by atoms with Gasteiger partial charge in [0.1, 0.15) is 0 Å². The average molecular weight is 266 g/mol. The molecular weight excluding hydrogens is 259 g/mol. The Morgan fingerprint density at radius 1 is 1.21 bits per heavy atom. The molecule has 0 aliphatic heterocycles. The predicted octanol–water partition coefficient (Wildman–Crippen LogP) is 3.79. The Kier molecular flexibility index (Phi) is 3.31. The summed E-state index contributed by atoms with van der Waals surface area (Å²) >= 11 is 3.14. The van der Waals surface area contributed by atoms with E-state index in [1.54, 1.807) is 0 Å². The Labute approximate surface area is 87.6 Å². The van der Waals surface area contributed by atoms with Crippen LogP contribution in [0.25, 0.3) is 0 Å². The summed E-state index contributed by atoms with van der Waals surface area (Å²) in [5, 5.41) is 6.93. The fraction of sp³-hybridized carbons (Fsp3) is 0.222. The first-order chi connectivity index (χ1) is 6.45. The Morgan fingerprint density at radius 3 is 2.07 bits per heavy atom. The van der Waals surface area contributed by atoms with E-state index in [0.717, 1.165) is 18.3 Å². The van der Waals surface area contributed by atoms with E-state index < -0.39 is 11.7 Å². The van der Waals surface area contributed by atoms with E-state index in [4.69, 9.17) is 5.41 Å². The maximum Gasteiger partial charge on any atom is 0.416 e. The van der Waals surface area contributed by atoms with Crippen LogP contribution in [0, 0.1) is 5.41 Å². The molecule has 0 fully saturated rings. The van der Waals surface area contributed by atoms with Crippen molar-refractivity contribution in [3.63, 3.8) is 0 Å². The molecule has 76 valence electrons. The van der Waals surface area contributed by atoms with Gasteiger partial charge in [0.25, 0.3) is 0 Å². The lowest BCUT2D eigenvalue weighted by Gasteiger charge is -2.08. The SMILES string of the molecule is N=CC(Br)c1ccc(C(F)(F)F)cc1. The zero-order valence-corrected chi connectivity index (χ0v) is 8.56. The maximum absolute atomic E-state index is 12.1. The molecule has 0 aliphatic carbocycles. The molecular formula is C9H7BrF3N. The zero-order valence-electron chi connectivity index (χ0n) is 6.98. The highest BCUT2D eigenvalue weighted by Gasteiger charge is 2.30. The van der Waals surface area contributed by atoms with Crippen LogP contribution in [0.1, 0.15) is 16.0 Å².